The number of rotatable bonds is 4. The normalized spacial score (nSPS) is 11.2. The van der Waals surface area contributed by atoms with Crippen LogP contribution in [0.1, 0.15) is 11.1 Å². The van der Waals surface area contributed by atoms with Gasteiger partial charge in [-0.2, -0.15) is 5.26 Å². The van der Waals surface area contributed by atoms with Crippen LogP contribution in [0, 0.1) is 28.8 Å². The van der Waals surface area contributed by atoms with Gasteiger partial charge in [-0.25, -0.2) is 26.3 Å². The first-order valence-electron chi connectivity index (χ1n) is 5.97. The Morgan fingerprint density at radius 3 is 2.41 bits per heavy atom. The average Bonchev–Trinajstić information content (AvgIpc) is 2.49. The molecule has 114 valence electrons. The second kappa shape index (κ2) is 6.17. The lowest BCUT2D eigenvalue weighted by Crippen LogP contribution is -2.25. The third-order valence-electron chi connectivity index (χ3n) is 2.81. The van der Waals surface area contributed by atoms with E-state index in [0.717, 1.165) is 12.1 Å². The molecule has 1 N–H and O–H groups in total. The summed E-state index contributed by atoms with van der Waals surface area (Å²) in [5, 5.41) is 8.72. The van der Waals surface area contributed by atoms with Gasteiger partial charge >= 0.3 is 0 Å². The molecule has 0 aromatic heterocycles. The minimum absolute atomic E-state index is 0.0839. The number of halogens is 3. The second-order valence-corrected chi connectivity index (χ2v) is 6.05. The standard InChI is InChI=1S/C14H9F3N2O2S/c15-11-2-4-13(17)14(6-11)22(20,21)19-8-10-5-9(7-18)1-3-12(10)16/h1-6,19H,8H2. The summed E-state index contributed by atoms with van der Waals surface area (Å²) in [7, 11) is -4.36. The number of benzene rings is 2. The number of hydrogen-bond donors (Lipinski definition) is 1. The van der Waals surface area contributed by atoms with E-state index >= 15 is 0 Å². The lowest BCUT2D eigenvalue weighted by molar-refractivity contribution is 0.543. The molecule has 0 aliphatic carbocycles. The highest BCUT2D eigenvalue weighted by atomic mass is 32.2. The van der Waals surface area contributed by atoms with E-state index in [4.69, 9.17) is 5.26 Å². The van der Waals surface area contributed by atoms with E-state index in [9.17, 15) is 21.6 Å². The summed E-state index contributed by atoms with van der Waals surface area (Å²) in [6.07, 6.45) is 0. The summed E-state index contributed by atoms with van der Waals surface area (Å²) >= 11 is 0. The van der Waals surface area contributed by atoms with Crippen molar-refractivity contribution < 1.29 is 21.6 Å². The van der Waals surface area contributed by atoms with E-state index in [0.29, 0.717) is 12.1 Å². The zero-order valence-electron chi connectivity index (χ0n) is 11.0. The first kappa shape index (κ1) is 16.0. The molecule has 0 heterocycles. The molecule has 0 spiro atoms. The van der Waals surface area contributed by atoms with Gasteiger partial charge in [0.1, 0.15) is 22.3 Å². The monoisotopic (exact) mass is 326 g/mol. The number of nitrogens with one attached hydrogen (secondary N) is 1. The molecule has 0 aliphatic rings. The second-order valence-electron chi connectivity index (χ2n) is 4.32. The van der Waals surface area contributed by atoms with Gasteiger partial charge in [-0.15, -0.1) is 0 Å². The van der Waals surface area contributed by atoms with Crippen molar-refractivity contribution in [2.24, 2.45) is 0 Å². The third-order valence-corrected chi connectivity index (χ3v) is 4.23. The van der Waals surface area contributed by atoms with Crippen LogP contribution in [-0.2, 0) is 16.6 Å². The van der Waals surface area contributed by atoms with Gasteiger partial charge in [0.15, 0.2) is 0 Å². The van der Waals surface area contributed by atoms with Crippen LogP contribution in [-0.4, -0.2) is 8.42 Å². The van der Waals surface area contributed by atoms with Crippen molar-refractivity contribution in [3.05, 3.63) is 65.0 Å². The maximum atomic E-state index is 13.5. The number of hydrogen-bond acceptors (Lipinski definition) is 3. The molecular formula is C14H9F3N2O2S. The Morgan fingerprint density at radius 1 is 1.05 bits per heavy atom. The number of nitriles is 1. The largest absolute Gasteiger partial charge is 0.243 e. The van der Waals surface area contributed by atoms with E-state index in [2.05, 4.69) is 0 Å². The lowest BCUT2D eigenvalue weighted by atomic mass is 10.1. The van der Waals surface area contributed by atoms with Gasteiger partial charge < -0.3 is 0 Å². The van der Waals surface area contributed by atoms with Crippen molar-refractivity contribution in [1.29, 1.82) is 5.26 Å². The lowest BCUT2D eigenvalue weighted by Gasteiger charge is -2.09. The van der Waals surface area contributed by atoms with Gasteiger partial charge in [-0.3, -0.25) is 0 Å². The molecule has 4 nitrogen and oxygen atoms in total. The van der Waals surface area contributed by atoms with E-state index in [1.807, 2.05) is 4.72 Å². The summed E-state index contributed by atoms with van der Waals surface area (Å²) in [4.78, 5) is -0.871. The van der Waals surface area contributed by atoms with Crippen LogP contribution in [0.3, 0.4) is 0 Å². The van der Waals surface area contributed by atoms with Gasteiger partial charge in [0, 0.05) is 12.1 Å². The molecule has 0 radical (unpaired) electrons. The molecule has 2 aromatic carbocycles. The molecule has 0 aliphatic heterocycles. The fourth-order valence-electron chi connectivity index (χ4n) is 1.71. The predicted octanol–water partition coefficient (Wildman–Crippen LogP) is 2.45. The van der Waals surface area contributed by atoms with Crippen molar-refractivity contribution in [3.8, 4) is 6.07 Å². The summed E-state index contributed by atoms with van der Waals surface area (Å²) in [6, 6.07) is 7.20. The van der Waals surface area contributed by atoms with Crippen LogP contribution in [0.25, 0.3) is 0 Å². The maximum Gasteiger partial charge on any atom is 0.243 e. The summed E-state index contributed by atoms with van der Waals surface area (Å²) < 4.78 is 65.9. The fourth-order valence-corrected chi connectivity index (χ4v) is 2.81. The smallest absolute Gasteiger partial charge is 0.207 e. The van der Waals surface area contributed by atoms with Crippen LogP contribution < -0.4 is 4.72 Å². The van der Waals surface area contributed by atoms with Crippen LogP contribution in [0.4, 0.5) is 13.2 Å². The highest BCUT2D eigenvalue weighted by Crippen LogP contribution is 2.17. The molecule has 2 aromatic rings. The SMILES string of the molecule is N#Cc1ccc(F)c(CNS(=O)(=O)c2cc(F)ccc2F)c1. The zero-order valence-corrected chi connectivity index (χ0v) is 11.8. The Labute approximate surface area is 124 Å². The summed E-state index contributed by atoms with van der Waals surface area (Å²) in [6.45, 7) is -0.500. The predicted molar refractivity (Wildman–Crippen MR) is 71.5 cm³/mol. The molecule has 0 unspecified atom stereocenters. The van der Waals surface area contributed by atoms with Gasteiger partial charge in [-0.1, -0.05) is 0 Å². The first-order chi connectivity index (χ1) is 10.3. The highest BCUT2D eigenvalue weighted by Gasteiger charge is 2.20. The Kier molecular flexibility index (Phi) is 4.49. The van der Waals surface area contributed by atoms with Crippen molar-refractivity contribution in [2.45, 2.75) is 11.4 Å². The van der Waals surface area contributed by atoms with Gasteiger partial charge in [0.25, 0.3) is 0 Å². The first-order valence-corrected chi connectivity index (χ1v) is 7.45. The quantitative estimate of drug-likeness (QED) is 0.938. The van der Waals surface area contributed by atoms with Crippen LogP contribution in [0.2, 0.25) is 0 Å². The molecular weight excluding hydrogens is 317 g/mol. The van der Waals surface area contributed by atoms with E-state index in [1.165, 1.54) is 12.1 Å². The molecule has 0 bridgehead atoms. The molecule has 8 heteroatoms. The van der Waals surface area contributed by atoms with E-state index < -0.39 is 38.9 Å². The number of sulfonamides is 1. The van der Waals surface area contributed by atoms with Crippen molar-refractivity contribution in [1.82, 2.24) is 4.72 Å². The summed E-state index contributed by atoms with van der Waals surface area (Å²) in [5.74, 6) is -2.76. The van der Waals surface area contributed by atoms with E-state index in [1.54, 1.807) is 6.07 Å². The molecule has 0 saturated heterocycles. The minimum atomic E-state index is -4.36. The van der Waals surface area contributed by atoms with Crippen LogP contribution in [0.15, 0.2) is 41.3 Å². The van der Waals surface area contributed by atoms with Crippen molar-refractivity contribution >= 4 is 10.0 Å². The molecule has 0 fully saturated rings. The molecule has 0 amide bonds. The third kappa shape index (κ3) is 3.44. The fraction of sp³-hybridized carbons (Fsp3) is 0.0714. The Bertz CT molecular complexity index is 861. The molecule has 22 heavy (non-hydrogen) atoms. The van der Waals surface area contributed by atoms with Crippen LogP contribution >= 0.6 is 0 Å². The number of nitrogens with zero attached hydrogens (tertiary/aromatic N) is 1. The van der Waals surface area contributed by atoms with Gasteiger partial charge in [0.05, 0.1) is 11.6 Å². The minimum Gasteiger partial charge on any atom is -0.207 e. The molecule has 0 saturated carbocycles. The molecule has 0 atom stereocenters. The highest BCUT2D eigenvalue weighted by molar-refractivity contribution is 7.89. The zero-order chi connectivity index (χ0) is 16.3. The Morgan fingerprint density at radius 2 is 1.73 bits per heavy atom. The Balaban J connectivity index is 2.27. The Hall–Kier alpha value is -2.37. The van der Waals surface area contributed by atoms with E-state index in [-0.39, 0.29) is 11.1 Å². The van der Waals surface area contributed by atoms with Gasteiger partial charge in [-0.05, 0) is 36.4 Å². The van der Waals surface area contributed by atoms with Gasteiger partial charge in [0.2, 0.25) is 10.0 Å². The van der Waals surface area contributed by atoms with Crippen LogP contribution in [0.5, 0.6) is 0 Å². The average molecular weight is 326 g/mol. The molecule has 2 rings (SSSR count). The topological polar surface area (TPSA) is 70.0 Å². The maximum absolute atomic E-state index is 13.5. The summed E-state index contributed by atoms with van der Waals surface area (Å²) in [5.41, 5.74) is 0.0620. The van der Waals surface area contributed by atoms with Crippen molar-refractivity contribution in [3.63, 3.8) is 0 Å². The van der Waals surface area contributed by atoms with Crippen molar-refractivity contribution in [2.75, 3.05) is 0 Å².